The molecule has 3 N–H and O–H groups in total. The fraction of sp³-hybridized carbons (Fsp3) is 0.143. The van der Waals surface area contributed by atoms with Gasteiger partial charge in [-0.05, 0) is 6.07 Å². The largest absolute Gasteiger partial charge is 0.394 e. The summed E-state index contributed by atoms with van der Waals surface area (Å²) in [6, 6.07) is 0.924. The Morgan fingerprint density at radius 3 is 2.62 bits per heavy atom. The summed E-state index contributed by atoms with van der Waals surface area (Å²) in [6.07, 6.45) is -2.68. The first-order valence-electron chi connectivity index (χ1n) is 3.32. The molecule has 0 saturated heterocycles. The van der Waals surface area contributed by atoms with Crippen molar-refractivity contribution in [2.24, 2.45) is 0 Å². The molecular weight excluding hydrogens is 182 g/mol. The lowest BCUT2D eigenvalue weighted by molar-refractivity contribution is 0.110. The minimum absolute atomic E-state index is 0.216. The molecule has 70 valence electrons. The molecule has 1 aromatic rings. The van der Waals surface area contributed by atoms with E-state index in [0.29, 0.717) is 0 Å². The van der Waals surface area contributed by atoms with Gasteiger partial charge in [-0.25, -0.2) is 8.78 Å². The summed E-state index contributed by atoms with van der Waals surface area (Å²) < 4.78 is 24.3. The second-order valence-electron chi connectivity index (χ2n) is 2.34. The van der Waals surface area contributed by atoms with Crippen LogP contribution in [-0.2, 0) is 0 Å². The highest BCUT2D eigenvalue weighted by molar-refractivity contribution is 5.78. The van der Waals surface area contributed by atoms with Gasteiger partial charge in [-0.1, -0.05) is 0 Å². The van der Waals surface area contributed by atoms with E-state index in [0.717, 1.165) is 6.07 Å². The summed E-state index contributed by atoms with van der Waals surface area (Å²) >= 11 is 0. The molecule has 1 rings (SSSR count). The number of carbonyl (C=O) groups is 1. The van der Waals surface area contributed by atoms with Gasteiger partial charge in [-0.2, -0.15) is 0 Å². The number of aromatic amines is 1. The van der Waals surface area contributed by atoms with Crippen LogP contribution in [0.4, 0.5) is 14.5 Å². The Labute approximate surface area is 71.4 Å². The van der Waals surface area contributed by atoms with Gasteiger partial charge in [-0.3, -0.25) is 9.59 Å². The third-order valence-corrected chi connectivity index (χ3v) is 1.48. The van der Waals surface area contributed by atoms with E-state index in [2.05, 4.69) is 0 Å². The lowest BCUT2D eigenvalue weighted by Gasteiger charge is -2.03. The molecule has 6 heteroatoms. The second kappa shape index (κ2) is 3.34. The molecule has 0 aliphatic rings. The number of halogens is 2. The summed E-state index contributed by atoms with van der Waals surface area (Å²) in [5, 5.41) is 0. The first-order valence-corrected chi connectivity index (χ1v) is 3.32. The van der Waals surface area contributed by atoms with E-state index in [-0.39, 0.29) is 17.5 Å². The lowest BCUT2D eigenvalue weighted by atomic mass is 10.2. The molecule has 0 aliphatic carbocycles. The molecule has 1 heterocycles. The van der Waals surface area contributed by atoms with Crippen molar-refractivity contribution in [2.75, 3.05) is 5.73 Å². The van der Waals surface area contributed by atoms with Gasteiger partial charge in [0, 0.05) is 5.56 Å². The van der Waals surface area contributed by atoms with Crippen molar-refractivity contribution in [2.45, 2.75) is 6.43 Å². The predicted molar refractivity (Wildman–Crippen MR) is 41.8 cm³/mol. The van der Waals surface area contributed by atoms with Crippen LogP contribution >= 0.6 is 0 Å². The molecule has 0 aromatic carbocycles. The zero-order valence-electron chi connectivity index (χ0n) is 6.38. The van der Waals surface area contributed by atoms with Gasteiger partial charge in [-0.15, -0.1) is 0 Å². The number of carbonyl (C=O) groups excluding carboxylic acids is 1. The molecule has 1 aromatic heterocycles. The van der Waals surface area contributed by atoms with Crippen LogP contribution in [0.5, 0.6) is 0 Å². The van der Waals surface area contributed by atoms with Gasteiger partial charge in [0.25, 0.3) is 12.0 Å². The van der Waals surface area contributed by atoms with Crippen molar-refractivity contribution in [3.8, 4) is 0 Å². The van der Waals surface area contributed by atoms with Crippen molar-refractivity contribution >= 4 is 12.0 Å². The fourth-order valence-electron chi connectivity index (χ4n) is 0.856. The summed E-state index contributed by atoms with van der Waals surface area (Å²) in [4.78, 5) is 22.9. The number of pyridine rings is 1. The summed E-state index contributed by atoms with van der Waals surface area (Å²) in [6.45, 7) is 0. The Morgan fingerprint density at radius 2 is 2.15 bits per heavy atom. The highest BCUT2D eigenvalue weighted by Crippen LogP contribution is 2.18. The zero-order chi connectivity index (χ0) is 10.0. The van der Waals surface area contributed by atoms with Gasteiger partial charge in [0.2, 0.25) is 0 Å². The van der Waals surface area contributed by atoms with Crippen LogP contribution < -0.4 is 11.3 Å². The Morgan fingerprint density at radius 1 is 1.54 bits per heavy atom. The Balaban J connectivity index is 3.41. The third-order valence-electron chi connectivity index (χ3n) is 1.48. The number of aromatic nitrogens is 1. The number of anilines is 1. The molecule has 0 spiro atoms. The van der Waals surface area contributed by atoms with Crippen LogP contribution in [-0.4, -0.2) is 11.3 Å². The van der Waals surface area contributed by atoms with E-state index in [4.69, 9.17) is 5.73 Å². The maximum Gasteiger partial charge on any atom is 0.279 e. The normalized spacial score (nSPS) is 10.4. The van der Waals surface area contributed by atoms with Crippen molar-refractivity contribution < 1.29 is 13.6 Å². The van der Waals surface area contributed by atoms with E-state index in [1.165, 1.54) is 0 Å². The van der Waals surface area contributed by atoms with Crippen molar-refractivity contribution in [3.05, 3.63) is 27.7 Å². The number of nitrogens with one attached hydrogen (secondary N) is 1. The third kappa shape index (κ3) is 1.71. The Kier molecular flexibility index (Phi) is 2.41. The number of hydrogen-bond donors (Lipinski definition) is 2. The Hall–Kier alpha value is -1.72. The highest BCUT2D eigenvalue weighted by Gasteiger charge is 2.14. The molecule has 0 fully saturated rings. The standard InChI is InChI=1S/C7H6F2N2O2/c8-6(9)5-3(2-12)1-4(10)7(13)11-5/h1-2,6H,10H2,(H,11,13). The molecule has 0 bridgehead atoms. The van der Waals surface area contributed by atoms with Crippen molar-refractivity contribution in [3.63, 3.8) is 0 Å². The number of nitrogen functional groups attached to an aromatic ring is 1. The second-order valence-corrected chi connectivity index (χ2v) is 2.34. The maximum atomic E-state index is 12.2. The van der Waals surface area contributed by atoms with Crippen LogP contribution in [0.1, 0.15) is 22.5 Å². The SMILES string of the molecule is Nc1cc(C=O)c(C(F)F)[nH]c1=O. The molecule has 0 unspecified atom stereocenters. The average Bonchev–Trinajstić information content (AvgIpc) is 2.08. The maximum absolute atomic E-state index is 12.2. The van der Waals surface area contributed by atoms with Gasteiger partial charge in [0.15, 0.2) is 6.29 Å². The monoisotopic (exact) mass is 188 g/mol. The molecule has 0 saturated carbocycles. The Bertz CT molecular complexity index is 387. The number of aldehydes is 1. The summed E-state index contributed by atoms with van der Waals surface area (Å²) in [7, 11) is 0. The van der Waals surface area contributed by atoms with E-state index < -0.39 is 17.7 Å². The minimum Gasteiger partial charge on any atom is -0.394 e. The van der Waals surface area contributed by atoms with Crippen molar-refractivity contribution in [1.82, 2.24) is 4.98 Å². The van der Waals surface area contributed by atoms with Crippen LogP contribution in [0.25, 0.3) is 0 Å². The molecule has 13 heavy (non-hydrogen) atoms. The number of alkyl halides is 2. The van der Waals surface area contributed by atoms with Crippen molar-refractivity contribution in [1.29, 1.82) is 0 Å². The van der Waals surface area contributed by atoms with E-state index >= 15 is 0 Å². The summed E-state index contributed by atoms with van der Waals surface area (Å²) in [5.41, 5.74) is 3.04. The zero-order valence-corrected chi connectivity index (χ0v) is 6.38. The molecule has 0 aliphatic heterocycles. The molecule has 4 nitrogen and oxygen atoms in total. The quantitative estimate of drug-likeness (QED) is 0.671. The van der Waals surface area contributed by atoms with Crippen LogP contribution in [0.15, 0.2) is 10.9 Å². The first kappa shape index (κ1) is 9.37. The summed E-state index contributed by atoms with van der Waals surface area (Å²) in [5.74, 6) is 0. The highest BCUT2D eigenvalue weighted by atomic mass is 19.3. The van der Waals surface area contributed by atoms with E-state index in [1.54, 1.807) is 0 Å². The number of rotatable bonds is 2. The molecule has 0 radical (unpaired) electrons. The number of hydrogen-bond acceptors (Lipinski definition) is 3. The number of H-pyrrole nitrogens is 1. The topological polar surface area (TPSA) is 76.0 Å². The molecular formula is C7H6F2N2O2. The minimum atomic E-state index is -2.89. The fourth-order valence-corrected chi connectivity index (χ4v) is 0.856. The van der Waals surface area contributed by atoms with Gasteiger partial charge in [0.1, 0.15) is 0 Å². The average molecular weight is 188 g/mol. The van der Waals surface area contributed by atoms with E-state index in [9.17, 15) is 18.4 Å². The van der Waals surface area contributed by atoms with Gasteiger partial charge in [0.05, 0.1) is 11.4 Å². The lowest BCUT2D eigenvalue weighted by Crippen LogP contribution is -2.16. The van der Waals surface area contributed by atoms with Gasteiger partial charge < -0.3 is 10.7 Å². The van der Waals surface area contributed by atoms with Crippen LogP contribution in [0.2, 0.25) is 0 Å². The predicted octanol–water partition coefficient (Wildman–Crippen LogP) is 0.707. The molecule has 0 atom stereocenters. The smallest absolute Gasteiger partial charge is 0.279 e. The number of nitrogens with two attached hydrogens (primary N) is 1. The molecule has 0 amide bonds. The van der Waals surface area contributed by atoms with Crippen LogP contribution in [0, 0.1) is 0 Å². The van der Waals surface area contributed by atoms with E-state index in [1.807, 2.05) is 4.98 Å². The van der Waals surface area contributed by atoms with Crippen LogP contribution in [0.3, 0.4) is 0 Å². The van der Waals surface area contributed by atoms with Gasteiger partial charge >= 0.3 is 0 Å². The first-order chi connectivity index (χ1) is 6.06.